The molecule has 0 spiro atoms. The zero-order valence-corrected chi connectivity index (χ0v) is 23.0. The van der Waals surface area contributed by atoms with Gasteiger partial charge in [0.05, 0.1) is 41.0 Å². The number of imidazole rings is 1. The summed E-state index contributed by atoms with van der Waals surface area (Å²) in [5, 5.41) is -0.0369. The summed E-state index contributed by atoms with van der Waals surface area (Å²) in [5.41, 5.74) is 1.47. The summed E-state index contributed by atoms with van der Waals surface area (Å²) in [6.45, 7) is 9.11. The van der Waals surface area contributed by atoms with Crippen LogP contribution in [0.2, 0.25) is 0 Å². The molecule has 1 atom stereocenters. The van der Waals surface area contributed by atoms with Gasteiger partial charge >= 0.3 is 35.7 Å². The van der Waals surface area contributed by atoms with Crippen LogP contribution >= 0.6 is 0 Å². The minimum Gasteiger partial charge on any atom is -0.488 e. The predicted molar refractivity (Wildman–Crippen MR) is 119 cm³/mol. The minimum atomic E-state index is -4.49. The Labute approximate surface area is 225 Å². The van der Waals surface area contributed by atoms with Gasteiger partial charge in [-0.1, -0.05) is 19.9 Å². The van der Waals surface area contributed by atoms with Crippen molar-refractivity contribution in [2.45, 2.75) is 51.1 Å². The number of nitrogens with zero attached hydrogens (tertiary/aromatic N) is 3. The van der Waals surface area contributed by atoms with E-state index in [0.29, 0.717) is 30.2 Å². The van der Waals surface area contributed by atoms with E-state index in [9.17, 15) is 17.4 Å². The summed E-state index contributed by atoms with van der Waals surface area (Å²) >= 11 is 0. The van der Waals surface area contributed by atoms with Crippen molar-refractivity contribution in [1.29, 1.82) is 0 Å². The average Bonchev–Trinajstić information content (AvgIpc) is 3.19. The fourth-order valence-corrected chi connectivity index (χ4v) is 4.57. The molecule has 0 saturated carbocycles. The Morgan fingerprint density at radius 2 is 1.91 bits per heavy atom. The molecule has 12 heteroatoms. The fourth-order valence-electron chi connectivity index (χ4n) is 3.50. The average molecular weight is 520 g/mol. The Morgan fingerprint density at radius 1 is 1.23 bits per heavy atom. The maximum atomic E-state index is 13.0. The van der Waals surface area contributed by atoms with Crippen LogP contribution in [0.3, 0.4) is 0 Å². The maximum Gasteiger partial charge on any atom is 1.00 e. The van der Waals surface area contributed by atoms with Crippen LogP contribution in [-0.2, 0) is 32.2 Å². The number of hydrogen-bond donors (Lipinski definition) is 0. The van der Waals surface area contributed by atoms with Crippen molar-refractivity contribution in [3.05, 3.63) is 46.8 Å². The molecule has 1 aliphatic heterocycles. The maximum absolute atomic E-state index is 13.0. The van der Waals surface area contributed by atoms with Gasteiger partial charge in [-0.2, -0.15) is 13.2 Å². The van der Waals surface area contributed by atoms with E-state index in [2.05, 4.69) is 28.8 Å². The molecule has 3 heterocycles. The standard InChI is InChI=1S/C23H25F3N3O4S.Na/c1-13-8-27-18(14(2)20(13)31-9-19-32-11-22(3,4)12-33-19)10-34(30)21-28-16-6-5-15(23(24,25)26)7-17(16)29-21;/h5-8,19H,9-12H2,1-4H3;/q-1;+1. The predicted octanol–water partition coefficient (Wildman–Crippen LogP) is 1.31. The van der Waals surface area contributed by atoms with Crippen molar-refractivity contribution < 1.29 is 61.1 Å². The molecule has 0 bridgehead atoms. The first-order valence-electron chi connectivity index (χ1n) is 10.6. The van der Waals surface area contributed by atoms with E-state index in [0.717, 1.165) is 17.7 Å². The number of alkyl halides is 3. The first-order valence-corrected chi connectivity index (χ1v) is 12.0. The third kappa shape index (κ3) is 6.64. The number of aromatic nitrogens is 3. The molecule has 35 heavy (non-hydrogen) atoms. The Morgan fingerprint density at radius 3 is 2.57 bits per heavy atom. The van der Waals surface area contributed by atoms with Crippen molar-refractivity contribution in [3.63, 3.8) is 0 Å². The topological polar surface area (TPSA) is 84.6 Å². The summed E-state index contributed by atoms with van der Waals surface area (Å²) in [6, 6.07) is 3.06. The normalized spacial score (nSPS) is 17.2. The number of fused-ring (bicyclic) bond motifs is 1. The summed E-state index contributed by atoms with van der Waals surface area (Å²) in [7, 11) is -1.71. The quantitative estimate of drug-likeness (QED) is 0.454. The Bertz CT molecular complexity index is 1220. The molecule has 0 amide bonds. The Balaban J connectivity index is 0.00000342. The number of aryl methyl sites for hydroxylation is 1. The number of benzene rings is 1. The zero-order chi connectivity index (χ0) is 24.7. The van der Waals surface area contributed by atoms with Crippen LogP contribution in [0.15, 0.2) is 29.6 Å². The van der Waals surface area contributed by atoms with Gasteiger partial charge in [-0.15, -0.1) is 0 Å². The van der Waals surface area contributed by atoms with Gasteiger partial charge in [0.15, 0.2) is 6.29 Å². The summed E-state index contributed by atoms with van der Waals surface area (Å²) in [6.07, 6.45) is -3.35. The first kappa shape index (κ1) is 28.1. The number of halogens is 3. The summed E-state index contributed by atoms with van der Waals surface area (Å²) < 4.78 is 69.2. The van der Waals surface area contributed by atoms with Crippen molar-refractivity contribution in [2.75, 3.05) is 19.8 Å². The molecule has 1 aromatic carbocycles. The van der Waals surface area contributed by atoms with E-state index >= 15 is 0 Å². The third-order valence-corrected chi connectivity index (χ3v) is 6.56. The SMILES string of the molecule is Cc1cnc(CS(=O)c2nc3cc(C(F)(F)F)ccc3[n-]2)c(C)c1OCC1OCC(C)(C)CO1.[Na+]. The molecule has 1 aliphatic rings. The molecular weight excluding hydrogens is 494 g/mol. The summed E-state index contributed by atoms with van der Waals surface area (Å²) in [5.74, 6) is 0.595. The first-order chi connectivity index (χ1) is 15.9. The van der Waals surface area contributed by atoms with Crippen LogP contribution in [0.25, 0.3) is 11.0 Å². The minimum absolute atomic E-state index is 0. The molecule has 4 rings (SSSR count). The van der Waals surface area contributed by atoms with Crippen LogP contribution in [-0.4, -0.2) is 40.3 Å². The van der Waals surface area contributed by atoms with Crippen LogP contribution in [0.4, 0.5) is 13.2 Å². The molecular formula is C23H25F3N3NaO4S. The largest absolute Gasteiger partial charge is 1.00 e. The van der Waals surface area contributed by atoms with Crippen molar-refractivity contribution in [1.82, 2.24) is 15.0 Å². The second-order valence-corrected chi connectivity index (χ2v) is 10.4. The number of rotatable bonds is 6. The van der Waals surface area contributed by atoms with E-state index in [1.165, 1.54) is 6.07 Å². The molecule has 1 fully saturated rings. The second kappa shape index (κ2) is 10.9. The van der Waals surface area contributed by atoms with E-state index < -0.39 is 28.8 Å². The van der Waals surface area contributed by atoms with Gasteiger partial charge in [0.1, 0.15) is 12.4 Å². The fraction of sp³-hybridized carbons (Fsp3) is 0.478. The van der Waals surface area contributed by atoms with E-state index in [1.54, 1.807) is 6.20 Å². The van der Waals surface area contributed by atoms with Gasteiger partial charge in [0, 0.05) is 27.9 Å². The molecule has 1 saturated heterocycles. The number of hydrogen-bond acceptors (Lipinski definition) is 6. The Kier molecular flexibility index (Phi) is 8.71. The van der Waals surface area contributed by atoms with Gasteiger partial charge in [-0.05, 0) is 37.0 Å². The molecule has 0 radical (unpaired) electrons. The van der Waals surface area contributed by atoms with Gasteiger partial charge in [0.25, 0.3) is 0 Å². The van der Waals surface area contributed by atoms with Crippen LogP contribution in [0.1, 0.15) is 36.2 Å². The third-order valence-electron chi connectivity index (χ3n) is 5.44. The van der Waals surface area contributed by atoms with E-state index in [-0.39, 0.29) is 63.5 Å². The second-order valence-electron chi connectivity index (χ2n) is 9.07. The molecule has 1 unspecified atom stereocenters. The van der Waals surface area contributed by atoms with Crippen molar-refractivity contribution in [3.8, 4) is 5.75 Å². The Hall–Kier alpha value is -1.50. The molecule has 0 N–H and O–H groups in total. The van der Waals surface area contributed by atoms with Gasteiger partial charge in [-0.25, -0.2) is 0 Å². The van der Waals surface area contributed by atoms with E-state index in [4.69, 9.17) is 14.2 Å². The molecule has 0 aliphatic carbocycles. The number of ether oxygens (including phenoxy) is 3. The molecule has 3 aromatic rings. The van der Waals surface area contributed by atoms with Crippen molar-refractivity contribution in [2.24, 2.45) is 5.41 Å². The van der Waals surface area contributed by atoms with Crippen LogP contribution < -0.4 is 39.3 Å². The monoisotopic (exact) mass is 519 g/mol. The van der Waals surface area contributed by atoms with Gasteiger partial charge in [-0.3, -0.25) is 9.19 Å². The molecule has 184 valence electrons. The smallest absolute Gasteiger partial charge is 0.488 e. The summed E-state index contributed by atoms with van der Waals surface area (Å²) in [4.78, 5) is 12.6. The molecule has 2 aromatic heterocycles. The molecule has 7 nitrogen and oxygen atoms in total. The van der Waals surface area contributed by atoms with Crippen LogP contribution in [0, 0.1) is 19.3 Å². The number of pyridine rings is 1. The zero-order valence-electron chi connectivity index (χ0n) is 20.2. The van der Waals surface area contributed by atoms with E-state index in [1.807, 2.05) is 13.8 Å². The van der Waals surface area contributed by atoms with Crippen molar-refractivity contribution >= 4 is 21.8 Å². The van der Waals surface area contributed by atoms with Crippen LogP contribution in [0.5, 0.6) is 5.75 Å². The van der Waals surface area contributed by atoms with Gasteiger partial charge < -0.3 is 24.2 Å². The van der Waals surface area contributed by atoms with Gasteiger partial charge in [0.2, 0.25) is 0 Å².